The molecule has 3 nitrogen and oxygen atoms in total. The van der Waals surface area contributed by atoms with E-state index >= 15 is 0 Å². The smallest absolute Gasteiger partial charge is 0.222 e. The summed E-state index contributed by atoms with van der Waals surface area (Å²) in [6, 6.07) is 20.2. The van der Waals surface area contributed by atoms with Gasteiger partial charge in [-0.1, -0.05) is 60.7 Å². The van der Waals surface area contributed by atoms with E-state index in [9.17, 15) is 4.79 Å². The first-order chi connectivity index (χ1) is 11.2. The zero-order valence-electron chi connectivity index (χ0n) is 13.3. The van der Waals surface area contributed by atoms with Crippen LogP contribution in [0.3, 0.4) is 0 Å². The molecule has 120 valence electrons. The van der Waals surface area contributed by atoms with Gasteiger partial charge in [0.25, 0.3) is 0 Å². The second-order valence-corrected chi connectivity index (χ2v) is 6.42. The molecule has 0 aromatic heterocycles. The average Bonchev–Trinajstić information content (AvgIpc) is 3.41. The number of nitrogens with two attached hydrogens (primary N) is 1. The molecule has 1 amide bonds. The predicted molar refractivity (Wildman–Crippen MR) is 92.8 cm³/mol. The summed E-state index contributed by atoms with van der Waals surface area (Å²) in [5.74, 6) is 0.668. The molecule has 0 aliphatic heterocycles. The van der Waals surface area contributed by atoms with Crippen molar-refractivity contribution in [2.24, 2.45) is 11.7 Å². The minimum absolute atomic E-state index is 0.0502. The van der Waals surface area contributed by atoms with Gasteiger partial charge in [-0.05, 0) is 36.3 Å². The lowest BCUT2D eigenvalue weighted by Gasteiger charge is -2.20. The average molecular weight is 308 g/mol. The number of carbonyl (C=O) groups excluding carboxylic acids is 1. The van der Waals surface area contributed by atoms with Crippen LogP contribution < -0.4 is 11.1 Å². The summed E-state index contributed by atoms with van der Waals surface area (Å²) in [6.07, 6.45) is 3.66. The van der Waals surface area contributed by atoms with Crippen molar-refractivity contribution in [3.8, 4) is 0 Å². The van der Waals surface area contributed by atoms with Crippen molar-refractivity contribution >= 4 is 5.91 Å². The zero-order chi connectivity index (χ0) is 16.1. The summed E-state index contributed by atoms with van der Waals surface area (Å²) >= 11 is 0. The van der Waals surface area contributed by atoms with Crippen molar-refractivity contribution in [2.75, 3.05) is 0 Å². The number of rotatable bonds is 7. The molecular weight excluding hydrogens is 284 g/mol. The summed E-state index contributed by atoms with van der Waals surface area (Å²) in [4.78, 5) is 12.4. The van der Waals surface area contributed by atoms with Gasteiger partial charge >= 0.3 is 0 Å². The molecule has 0 heterocycles. The van der Waals surface area contributed by atoms with Crippen LogP contribution in [0.25, 0.3) is 0 Å². The third-order valence-electron chi connectivity index (χ3n) is 4.47. The van der Waals surface area contributed by atoms with E-state index in [1.165, 1.54) is 18.4 Å². The van der Waals surface area contributed by atoms with Crippen LogP contribution in [-0.2, 0) is 11.2 Å². The van der Waals surface area contributed by atoms with Gasteiger partial charge in [0, 0.05) is 18.5 Å². The van der Waals surface area contributed by atoms with Gasteiger partial charge in [0.1, 0.15) is 0 Å². The van der Waals surface area contributed by atoms with Gasteiger partial charge in [-0.3, -0.25) is 4.79 Å². The fourth-order valence-electron chi connectivity index (χ4n) is 2.99. The maximum atomic E-state index is 12.4. The summed E-state index contributed by atoms with van der Waals surface area (Å²) in [7, 11) is 0. The SMILES string of the molecule is NC(CC(=O)NC(Cc1ccccc1)C1CC1)c1ccccc1. The Bertz CT molecular complexity index is 623. The highest BCUT2D eigenvalue weighted by atomic mass is 16.1. The second kappa shape index (κ2) is 7.42. The Hall–Kier alpha value is -2.13. The van der Waals surface area contributed by atoms with Crippen LogP contribution in [-0.4, -0.2) is 11.9 Å². The predicted octanol–water partition coefficient (Wildman–Crippen LogP) is 3.21. The number of amides is 1. The van der Waals surface area contributed by atoms with Gasteiger partial charge in [0.05, 0.1) is 0 Å². The van der Waals surface area contributed by atoms with Crippen molar-refractivity contribution in [1.82, 2.24) is 5.32 Å². The van der Waals surface area contributed by atoms with E-state index in [1.807, 2.05) is 48.5 Å². The Morgan fingerprint density at radius 3 is 2.26 bits per heavy atom. The molecule has 0 spiro atoms. The molecule has 2 unspecified atom stereocenters. The maximum absolute atomic E-state index is 12.4. The highest BCUT2D eigenvalue weighted by Gasteiger charge is 2.32. The van der Waals surface area contributed by atoms with Crippen molar-refractivity contribution in [1.29, 1.82) is 0 Å². The third kappa shape index (κ3) is 4.67. The van der Waals surface area contributed by atoms with Crippen LogP contribution in [0.1, 0.15) is 36.4 Å². The van der Waals surface area contributed by atoms with Crippen molar-refractivity contribution in [3.63, 3.8) is 0 Å². The fraction of sp³-hybridized carbons (Fsp3) is 0.350. The molecule has 23 heavy (non-hydrogen) atoms. The van der Waals surface area contributed by atoms with Gasteiger partial charge in [0.15, 0.2) is 0 Å². The molecule has 2 aromatic rings. The maximum Gasteiger partial charge on any atom is 0.222 e. The highest BCUT2D eigenvalue weighted by molar-refractivity contribution is 5.77. The molecule has 1 fully saturated rings. The number of nitrogens with one attached hydrogen (secondary N) is 1. The Morgan fingerprint density at radius 2 is 1.65 bits per heavy atom. The molecule has 2 atom stereocenters. The number of benzene rings is 2. The summed E-state index contributed by atoms with van der Waals surface area (Å²) in [6.45, 7) is 0. The van der Waals surface area contributed by atoms with Gasteiger partial charge in [-0.25, -0.2) is 0 Å². The van der Waals surface area contributed by atoms with Gasteiger partial charge in [-0.2, -0.15) is 0 Å². The van der Waals surface area contributed by atoms with Crippen molar-refractivity contribution in [2.45, 2.75) is 37.8 Å². The molecule has 1 saturated carbocycles. The molecule has 0 saturated heterocycles. The monoisotopic (exact) mass is 308 g/mol. The van der Waals surface area contributed by atoms with Crippen LogP contribution in [0.15, 0.2) is 60.7 Å². The van der Waals surface area contributed by atoms with Crippen LogP contribution in [0.4, 0.5) is 0 Å². The first kappa shape index (κ1) is 15.8. The van der Waals surface area contributed by atoms with Gasteiger partial charge in [0.2, 0.25) is 5.91 Å². The Balaban J connectivity index is 1.56. The minimum atomic E-state index is -0.243. The van der Waals surface area contributed by atoms with E-state index in [0.717, 1.165) is 12.0 Å². The molecule has 3 heteroatoms. The number of hydrogen-bond donors (Lipinski definition) is 2. The lowest BCUT2D eigenvalue weighted by Crippen LogP contribution is -2.39. The quantitative estimate of drug-likeness (QED) is 0.825. The molecule has 0 radical (unpaired) electrons. The lowest BCUT2D eigenvalue weighted by atomic mass is 10.0. The fourth-order valence-corrected chi connectivity index (χ4v) is 2.99. The molecule has 1 aliphatic carbocycles. The Morgan fingerprint density at radius 1 is 1.04 bits per heavy atom. The van der Waals surface area contributed by atoms with E-state index in [0.29, 0.717) is 12.3 Å². The van der Waals surface area contributed by atoms with Gasteiger partial charge < -0.3 is 11.1 Å². The summed E-state index contributed by atoms with van der Waals surface area (Å²) in [5, 5.41) is 3.21. The third-order valence-corrected chi connectivity index (χ3v) is 4.47. The Labute approximate surface area is 137 Å². The van der Waals surface area contributed by atoms with Gasteiger partial charge in [-0.15, -0.1) is 0 Å². The zero-order valence-corrected chi connectivity index (χ0v) is 13.3. The van der Waals surface area contributed by atoms with Crippen LogP contribution in [0.2, 0.25) is 0 Å². The molecule has 0 bridgehead atoms. The second-order valence-electron chi connectivity index (χ2n) is 6.42. The summed E-state index contributed by atoms with van der Waals surface area (Å²) < 4.78 is 0. The van der Waals surface area contributed by atoms with Crippen LogP contribution in [0, 0.1) is 5.92 Å². The minimum Gasteiger partial charge on any atom is -0.353 e. The summed E-state index contributed by atoms with van der Waals surface area (Å²) in [5.41, 5.74) is 8.44. The van der Waals surface area contributed by atoms with E-state index in [2.05, 4.69) is 17.4 Å². The normalized spacial score (nSPS) is 16.6. The number of hydrogen-bond acceptors (Lipinski definition) is 2. The van der Waals surface area contributed by atoms with E-state index in [1.54, 1.807) is 0 Å². The molecular formula is C20H24N2O. The first-order valence-electron chi connectivity index (χ1n) is 8.36. The highest BCUT2D eigenvalue weighted by Crippen LogP contribution is 2.34. The van der Waals surface area contributed by atoms with Crippen molar-refractivity contribution < 1.29 is 4.79 Å². The standard InChI is InChI=1S/C20H24N2O/c21-18(16-9-5-2-6-10-16)14-20(23)22-19(17-11-12-17)13-15-7-3-1-4-8-15/h1-10,17-19H,11-14,21H2,(H,22,23). The molecule has 3 N–H and O–H groups in total. The van der Waals surface area contributed by atoms with E-state index in [4.69, 9.17) is 5.73 Å². The Kier molecular flexibility index (Phi) is 5.09. The first-order valence-corrected chi connectivity index (χ1v) is 8.36. The lowest BCUT2D eigenvalue weighted by molar-refractivity contribution is -0.122. The van der Waals surface area contributed by atoms with Crippen LogP contribution in [0.5, 0.6) is 0 Å². The van der Waals surface area contributed by atoms with Crippen molar-refractivity contribution in [3.05, 3.63) is 71.8 Å². The molecule has 2 aromatic carbocycles. The number of carbonyl (C=O) groups is 1. The van der Waals surface area contributed by atoms with E-state index in [-0.39, 0.29) is 18.0 Å². The largest absolute Gasteiger partial charge is 0.353 e. The van der Waals surface area contributed by atoms with Crippen LogP contribution >= 0.6 is 0 Å². The molecule has 3 rings (SSSR count). The topological polar surface area (TPSA) is 55.1 Å². The van der Waals surface area contributed by atoms with E-state index < -0.39 is 0 Å². The molecule has 1 aliphatic rings.